The van der Waals surface area contributed by atoms with Gasteiger partial charge in [0, 0.05) is 10.6 Å². The number of benzene rings is 2. The zero-order chi connectivity index (χ0) is 13.9. The van der Waals surface area contributed by atoms with Gasteiger partial charge in [0.1, 0.15) is 11.4 Å². The molecule has 0 saturated carbocycles. The first-order chi connectivity index (χ1) is 9.76. The number of aromatic nitrogens is 3. The molecule has 0 atom stereocenters. The lowest BCUT2D eigenvalue weighted by Gasteiger charge is -2.01. The van der Waals surface area contributed by atoms with Gasteiger partial charge < -0.3 is 4.74 Å². The molecule has 0 unspecified atom stereocenters. The second-order valence-corrected chi connectivity index (χ2v) is 4.66. The summed E-state index contributed by atoms with van der Waals surface area (Å²) in [6, 6.07) is 15.1. The monoisotopic (exact) mass is 285 g/mol. The predicted octanol–water partition coefficient (Wildman–Crippen LogP) is 3.60. The van der Waals surface area contributed by atoms with Crippen molar-refractivity contribution in [3.8, 4) is 22.7 Å². The Bertz CT molecular complexity index is 705. The first-order valence-electron chi connectivity index (χ1n) is 6.09. The average molecular weight is 286 g/mol. The Labute approximate surface area is 121 Å². The molecule has 1 heterocycles. The van der Waals surface area contributed by atoms with Crippen molar-refractivity contribution in [2.75, 3.05) is 7.11 Å². The van der Waals surface area contributed by atoms with Crippen LogP contribution in [0.15, 0.2) is 54.7 Å². The van der Waals surface area contributed by atoms with Crippen molar-refractivity contribution in [2.24, 2.45) is 0 Å². The topological polar surface area (TPSA) is 39.9 Å². The van der Waals surface area contributed by atoms with E-state index in [-0.39, 0.29) is 0 Å². The van der Waals surface area contributed by atoms with Gasteiger partial charge in [-0.15, -0.1) is 5.10 Å². The Kier molecular flexibility index (Phi) is 3.39. The third-order valence-corrected chi connectivity index (χ3v) is 3.19. The quantitative estimate of drug-likeness (QED) is 0.738. The molecule has 0 amide bonds. The van der Waals surface area contributed by atoms with E-state index in [1.54, 1.807) is 18.1 Å². The number of hydrogen-bond donors (Lipinski definition) is 0. The highest BCUT2D eigenvalue weighted by atomic mass is 35.5. The summed E-state index contributed by atoms with van der Waals surface area (Å²) in [5.41, 5.74) is 2.67. The third-order valence-electron chi connectivity index (χ3n) is 2.94. The number of ether oxygens (including phenoxy) is 1. The van der Waals surface area contributed by atoms with Gasteiger partial charge in [-0.25, -0.2) is 0 Å². The number of halogens is 1. The zero-order valence-electron chi connectivity index (χ0n) is 10.8. The van der Waals surface area contributed by atoms with Crippen LogP contribution in [0.4, 0.5) is 0 Å². The Balaban J connectivity index is 1.91. The molecule has 3 aromatic rings. The summed E-state index contributed by atoms with van der Waals surface area (Å²) in [4.78, 5) is 1.58. The summed E-state index contributed by atoms with van der Waals surface area (Å²) in [6.45, 7) is 0. The molecule has 0 bridgehead atoms. The Morgan fingerprint density at radius 3 is 2.35 bits per heavy atom. The molecule has 1 aromatic heterocycles. The summed E-state index contributed by atoms with van der Waals surface area (Å²) >= 11 is 5.87. The van der Waals surface area contributed by atoms with Crippen molar-refractivity contribution in [2.45, 2.75) is 0 Å². The molecule has 0 saturated heterocycles. The number of nitrogens with zero attached hydrogens (tertiary/aromatic N) is 3. The maximum Gasteiger partial charge on any atom is 0.118 e. The largest absolute Gasteiger partial charge is 0.497 e. The Morgan fingerprint density at radius 2 is 1.70 bits per heavy atom. The van der Waals surface area contributed by atoms with Crippen LogP contribution in [0.3, 0.4) is 0 Å². The SMILES string of the molecule is COc1ccc(-c2cnn(-c3ccc(Cl)cc3)n2)cc1. The van der Waals surface area contributed by atoms with Gasteiger partial charge in [-0.1, -0.05) is 11.6 Å². The van der Waals surface area contributed by atoms with E-state index in [0.717, 1.165) is 22.7 Å². The minimum absolute atomic E-state index is 0.691. The molecule has 100 valence electrons. The molecule has 0 fully saturated rings. The van der Waals surface area contributed by atoms with Gasteiger partial charge >= 0.3 is 0 Å². The van der Waals surface area contributed by atoms with Crippen molar-refractivity contribution < 1.29 is 4.74 Å². The molecule has 0 aliphatic carbocycles. The highest BCUT2D eigenvalue weighted by molar-refractivity contribution is 6.30. The highest BCUT2D eigenvalue weighted by Crippen LogP contribution is 2.20. The summed E-state index contributed by atoms with van der Waals surface area (Å²) in [7, 11) is 1.64. The molecule has 20 heavy (non-hydrogen) atoms. The van der Waals surface area contributed by atoms with Crippen LogP contribution >= 0.6 is 11.6 Å². The van der Waals surface area contributed by atoms with Crippen LogP contribution in [-0.4, -0.2) is 22.1 Å². The molecule has 0 aliphatic rings. The summed E-state index contributed by atoms with van der Waals surface area (Å²) in [5.74, 6) is 0.818. The molecule has 3 rings (SSSR count). The van der Waals surface area contributed by atoms with Gasteiger partial charge in [-0.05, 0) is 48.5 Å². The van der Waals surface area contributed by atoms with Crippen LogP contribution < -0.4 is 4.74 Å². The molecular formula is C15H12ClN3O. The van der Waals surface area contributed by atoms with E-state index >= 15 is 0 Å². The average Bonchev–Trinajstić information content (AvgIpc) is 2.98. The summed E-state index contributed by atoms with van der Waals surface area (Å²) < 4.78 is 5.14. The second-order valence-electron chi connectivity index (χ2n) is 4.22. The lowest BCUT2D eigenvalue weighted by molar-refractivity contribution is 0.415. The van der Waals surface area contributed by atoms with Crippen LogP contribution in [0, 0.1) is 0 Å². The number of methoxy groups -OCH3 is 1. The molecule has 0 spiro atoms. The van der Waals surface area contributed by atoms with Crippen molar-refractivity contribution in [3.05, 3.63) is 59.8 Å². The van der Waals surface area contributed by atoms with Crippen LogP contribution in [0.25, 0.3) is 16.9 Å². The molecule has 0 N–H and O–H groups in total. The van der Waals surface area contributed by atoms with Gasteiger partial charge in [-0.3, -0.25) is 0 Å². The summed E-state index contributed by atoms with van der Waals surface area (Å²) in [5, 5.41) is 9.41. The number of hydrogen-bond acceptors (Lipinski definition) is 3. The van der Waals surface area contributed by atoms with Crippen molar-refractivity contribution in [1.82, 2.24) is 15.0 Å². The Hall–Kier alpha value is -2.33. The van der Waals surface area contributed by atoms with E-state index in [4.69, 9.17) is 16.3 Å². The lowest BCUT2D eigenvalue weighted by atomic mass is 10.2. The van der Waals surface area contributed by atoms with Crippen LogP contribution in [0.2, 0.25) is 5.02 Å². The standard InChI is InChI=1S/C15H12ClN3O/c1-20-14-8-2-11(3-9-14)15-10-17-19(18-15)13-6-4-12(16)5-7-13/h2-10H,1H3. The lowest BCUT2D eigenvalue weighted by Crippen LogP contribution is -1.98. The molecule has 0 aliphatic heterocycles. The summed E-state index contributed by atoms with van der Waals surface area (Å²) in [6.07, 6.45) is 1.73. The molecule has 5 heteroatoms. The van der Waals surface area contributed by atoms with Crippen LogP contribution in [0.1, 0.15) is 0 Å². The van der Waals surface area contributed by atoms with Crippen molar-refractivity contribution in [3.63, 3.8) is 0 Å². The maximum absolute atomic E-state index is 5.87. The van der Waals surface area contributed by atoms with Gasteiger partial charge in [0.05, 0.1) is 19.0 Å². The zero-order valence-corrected chi connectivity index (χ0v) is 11.6. The first-order valence-corrected chi connectivity index (χ1v) is 6.47. The van der Waals surface area contributed by atoms with Crippen LogP contribution in [0.5, 0.6) is 5.75 Å². The van der Waals surface area contributed by atoms with Crippen molar-refractivity contribution in [1.29, 1.82) is 0 Å². The molecule has 4 nitrogen and oxygen atoms in total. The highest BCUT2D eigenvalue weighted by Gasteiger charge is 2.05. The van der Waals surface area contributed by atoms with Gasteiger partial charge in [0.15, 0.2) is 0 Å². The minimum Gasteiger partial charge on any atom is -0.497 e. The van der Waals surface area contributed by atoms with E-state index < -0.39 is 0 Å². The van der Waals surface area contributed by atoms with Gasteiger partial charge in [-0.2, -0.15) is 9.90 Å². The molecule has 2 aromatic carbocycles. The second kappa shape index (κ2) is 5.35. The normalized spacial score (nSPS) is 10.5. The van der Waals surface area contributed by atoms with Crippen molar-refractivity contribution >= 4 is 11.6 Å². The molecular weight excluding hydrogens is 274 g/mol. The molecule has 0 radical (unpaired) electrons. The fourth-order valence-corrected chi connectivity index (χ4v) is 1.98. The Morgan fingerprint density at radius 1 is 1.00 bits per heavy atom. The fourth-order valence-electron chi connectivity index (χ4n) is 1.86. The predicted molar refractivity (Wildman–Crippen MR) is 78.4 cm³/mol. The smallest absolute Gasteiger partial charge is 0.118 e. The van der Waals surface area contributed by atoms with E-state index in [2.05, 4.69) is 10.2 Å². The minimum atomic E-state index is 0.691. The van der Waals surface area contributed by atoms with Crippen LogP contribution in [-0.2, 0) is 0 Å². The van der Waals surface area contributed by atoms with Gasteiger partial charge in [0.25, 0.3) is 0 Å². The third kappa shape index (κ3) is 2.51. The van der Waals surface area contributed by atoms with Gasteiger partial charge in [0.2, 0.25) is 0 Å². The first kappa shape index (κ1) is 12.7. The van der Waals surface area contributed by atoms with E-state index in [9.17, 15) is 0 Å². The van der Waals surface area contributed by atoms with E-state index in [1.807, 2.05) is 48.5 Å². The van der Waals surface area contributed by atoms with E-state index in [0.29, 0.717) is 5.02 Å². The fraction of sp³-hybridized carbons (Fsp3) is 0.0667. The number of rotatable bonds is 3. The maximum atomic E-state index is 5.87. The van der Waals surface area contributed by atoms with E-state index in [1.165, 1.54) is 0 Å².